The molecule has 1 saturated heterocycles. The molecule has 0 bridgehead atoms. The van der Waals surface area contributed by atoms with Gasteiger partial charge in [-0.1, -0.05) is 6.07 Å². The van der Waals surface area contributed by atoms with Gasteiger partial charge in [-0.25, -0.2) is 13.4 Å². The van der Waals surface area contributed by atoms with Gasteiger partial charge in [0.15, 0.2) is 5.13 Å². The summed E-state index contributed by atoms with van der Waals surface area (Å²) in [4.78, 5) is 7.78. The summed E-state index contributed by atoms with van der Waals surface area (Å²) >= 11 is 1.48. The lowest BCUT2D eigenvalue weighted by atomic mass is 10.1. The van der Waals surface area contributed by atoms with Gasteiger partial charge in [0.1, 0.15) is 0 Å². The van der Waals surface area contributed by atoms with Gasteiger partial charge in [-0.05, 0) is 37.1 Å². The quantitative estimate of drug-likeness (QED) is 0.848. The van der Waals surface area contributed by atoms with Gasteiger partial charge < -0.3 is 5.73 Å². The van der Waals surface area contributed by atoms with Crippen molar-refractivity contribution in [1.29, 1.82) is 0 Å². The van der Waals surface area contributed by atoms with Gasteiger partial charge in [-0.15, -0.1) is 23.7 Å². The molecule has 1 aromatic carbocycles. The van der Waals surface area contributed by atoms with Gasteiger partial charge in [-0.2, -0.15) is 4.31 Å². The summed E-state index contributed by atoms with van der Waals surface area (Å²) in [5.74, 6) is 0. The molecule has 0 saturated carbocycles. The maximum atomic E-state index is 12.8. The van der Waals surface area contributed by atoms with E-state index in [1.165, 1.54) is 11.3 Å². The van der Waals surface area contributed by atoms with Gasteiger partial charge in [0.05, 0.1) is 4.90 Å². The molecular weight excluding hydrogens is 380 g/mol. The maximum absolute atomic E-state index is 12.8. The van der Waals surface area contributed by atoms with Crippen LogP contribution in [0, 0.1) is 13.8 Å². The third-order valence-electron chi connectivity index (χ3n) is 4.40. The van der Waals surface area contributed by atoms with Crippen LogP contribution in [0.1, 0.15) is 16.0 Å². The normalized spacial score (nSPS) is 16.6. The standard InChI is InChI=1S/C16H22N4O2S2.ClH/c1-12-3-4-15(9-13(12)2)24(21,22)20-7-5-19(6-8-20)11-14-10-18-16(17)23-14;/h3-4,9-10H,5-8,11H2,1-2H3,(H2,17,18);1H. The number of nitrogen functional groups attached to an aromatic ring is 1. The van der Waals surface area contributed by atoms with Crippen LogP contribution in [-0.4, -0.2) is 48.8 Å². The number of thiazole rings is 1. The summed E-state index contributed by atoms with van der Waals surface area (Å²) in [6.45, 7) is 7.12. The second kappa shape index (κ2) is 8.01. The molecule has 2 heterocycles. The monoisotopic (exact) mass is 402 g/mol. The number of sulfonamides is 1. The highest BCUT2D eigenvalue weighted by molar-refractivity contribution is 7.89. The van der Waals surface area contributed by atoms with Crippen LogP contribution in [0.4, 0.5) is 5.13 Å². The number of aromatic nitrogens is 1. The van der Waals surface area contributed by atoms with Crippen molar-refractivity contribution in [2.24, 2.45) is 0 Å². The second-order valence-electron chi connectivity index (χ2n) is 6.09. The minimum Gasteiger partial charge on any atom is -0.375 e. The Kier molecular flexibility index (Phi) is 6.45. The Morgan fingerprint density at radius 3 is 2.40 bits per heavy atom. The zero-order chi connectivity index (χ0) is 17.3. The van der Waals surface area contributed by atoms with Gasteiger partial charge in [-0.3, -0.25) is 4.90 Å². The lowest BCUT2D eigenvalue weighted by molar-refractivity contribution is 0.183. The number of nitrogens with zero attached hydrogens (tertiary/aromatic N) is 3. The summed E-state index contributed by atoms with van der Waals surface area (Å²) in [6, 6.07) is 5.33. The minimum absolute atomic E-state index is 0. The molecule has 0 atom stereocenters. The summed E-state index contributed by atoms with van der Waals surface area (Å²) in [5, 5.41) is 0.570. The van der Waals surface area contributed by atoms with Crippen molar-refractivity contribution in [3.8, 4) is 0 Å². The molecule has 0 radical (unpaired) electrons. The zero-order valence-corrected chi connectivity index (χ0v) is 16.8. The first kappa shape index (κ1) is 20.1. The van der Waals surface area contributed by atoms with Crippen molar-refractivity contribution in [2.75, 3.05) is 31.9 Å². The van der Waals surface area contributed by atoms with Crippen molar-refractivity contribution in [1.82, 2.24) is 14.2 Å². The van der Waals surface area contributed by atoms with E-state index < -0.39 is 10.0 Å². The summed E-state index contributed by atoms with van der Waals surface area (Å²) < 4.78 is 27.2. The number of nitrogens with two attached hydrogens (primary N) is 1. The predicted molar refractivity (Wildman–Crippen MR) is 104 cm³/mol. The van der Waals surface area contributed by atoms with E-state index in [2.05, 4.69) is 9.88 Å². The molecule has 3 rings (SSSR count). The lowest BCUT2D eigenvalue weighted by Gasteiger charge is -2.33. The van der Waals surface area contributed by atoms with E-state index >= 15 is 0 Å². The number of benzene rings is 1. The number of anilines is 1. The molecule has 2 aromatic rings. The topological polar surface area (TPSA) is 79.5 Å². The van der Waals surface area contributed by atoms with Crippen molar-refractivity contribution in [2.45, 2.75) is 25.3 Å². The summed E-state index contributed by atoms with van der Waals surface area (Å²) in [6.07, 6.45) is 1.79. The van der Waals surface area contributed by atoms with Crippen molar-refractivity contribution < 1.29 is 8.42 Å². The Morgan fingerprint density at radius 1 is 1.16 bits per heavy atom. The number of piperazine rings is 1. The molecule has 1 aliphatic heterocycles. The molecule has 25 heavy (non-hydrogen) atoms. The van der Waals surface area contributed by atoms with Gasteiger partial charge in [0, 0.05) is 43.8 Å². The van der Waals surface area contributed by atoms with Gasteiger partial charge in [0.2, 0.25) is 10.0 Å². The molecule has 1 aliphatic rings. The number of halogens is 1. The molecule has 1 fully saturated rings. The van der Waals surface area contributed by atoms with E-state index in [0.29, 0.717) is 36.2 Å². The molecule has 9 heteroatoms. The smallest absolute Gasteiger partial charge is 0.243 e. The van der Waals surface area contributed by atoms with Crippen LogP contribution in [0.15, 0.2) is 29.3 Å². The Hall–Kier alpha value is -1.19. The molecule has 1 aromatic heterocycles. The van der Waals surface area contributed by atoms with E-state index in [9.17, 15) is 8.42 Å². The average Bonchev–Trinajstić information content (AvgIpc) is 2.95. The molecule has 138 valence electrons. The Balaban J connectivity index is 0.00000225. The molecule has 0 amide bonds. The van der Waals surface area contributed by atoms with E-state index in [0.717, 1.165) is 22.5 Å². The zero-order valence-electron chi connectivity index (χ0n) is 14.3. The lowest BCUT2D eigenvalue weighted by Crippen LogP contribution is -2.48. The number of rotatable bonds is 4. The van der Waals surface area contributed by atoms with Crippen LogP contribution in [0.25, 0.3) is 0 Å². The van der Waals surface area contributed by atoms with E-state index in [4.69, 9.17) is 5.73 Å². The highest BCUT2D eigenvalue weighted by Crippen LogP contribution is 2.22. The first-order valence-electron chi connectivity index (χ1n) is 7.86. The molecule has 0 aliphatic carbocycles. The van der Waals surface area contributed by atoms with Crippen molar-refractivity contribution in [3.05, 3.63) is 40.4 Å². The van der Waals surface area contributed by atoms with Crippen molar-refractivity contribution >= 4 is 38.9 Å². The fourth-order valence-corrected chi connectivity index (χ4v) is 5.00. The first-order valence-corrected chi connectivity index (χ1v) is 10.1. The fourth-order valence-electron chi connectivity index (χ4n) is 2.77. The Bertz CT molecular complexity index is 830. The van der Waals surface area contributed by atoms with Crippen molar-refractivity contribution in [3.63, 3.8) is 0 Å². The van der Waals surface area contributed by atoms with Crippen LogP contribution < -0.4 is 5.73 Å². The molecule has 0 spiro atoms. The van der Waals surface area contributed by atoms with Gasteiger partial charge in [0.25, 0.3) is 0 Å². The minimum atomic E-state index is -3.42. The molecule has 0 unspecified atom stereocenters. The van der Waals surface area contributed by atoms with Crippen LogP contribution in [0.5, 0.6) is 0 Å². The van der Waals surface area contributed by atoms with Gasteiger partial charge >= 0.3 is 0 Å². The van der Waals surface area contributed by atoms with E-state index in [-0.39, 0.29) is 12.4 Å². The first-order chi connectivity index (χ1) is 11.4. The average molecular weight is 403 g/mol. The largest absolute Gasteiger partial charge is 0.375 e. The molecule has 6 nitrogen and oxygen atoms in total. The Morgan fingerprint density at radius 2 is 1.84 bits per heavy atom. The molecule has 2 N–H and O–H groups in total. The number of hydrogen-bond acceptors (Lipinski definition) is 6. The third kappa shape index (κ3) is 4.51. The highest BCUT2D eigenvalue weighted by atomic mass is 35.5. The predicted octanol–water partition coefficient (Wildman–Crippen LogP) is 2.27. The fraction of sp³-hybridized carbons (Fsp3) is 0.438. The van der Waals surface area contributed by atoms with Crippen LogP contribution in [0.2, 0.25) is 0 Å². The van der Waals surface area contributed by atoms with E-state index in [1.807, 2.05) is 19.9 Å². The second-order valence-corrected chi connectivity index (χ2v) is 9.18. The number of hydrogen-bond donors (Lipinski definition) is 1. The summed E-state index contributed by atoms with van der Waals surface area (Å²) in [7, 11) is -3.42. The van der Waals surface area contributed by atoms with Crippen LogP contribution >= 0.6 is 23.7 Å². The SMILES string of the molecule is Cc1ccc(S(=O)(=O)N2CCN(Cc3cnc(N)s3)CC2)cc1C.Cl. The third-order valence-corrected chi connectivity index (χ3v) is 7.10. The Labute approximate surface area is 159 Å². The summed E-state index contributed by atoms with van der Waals surface area (Å²) in [5.41, 5.74) is 7.75. The maximum Gasteiger partial charge on any atom is 0.243 e. The van der Waals surface area contributed by atoms with Crippen LogP contribution in [0.3, 0.4) is 0 Å². The molecular formula is C16H23ClN4O2S2. The highest BCUT2D eigenvalue weighted by Gasteiger charge is 2.28. The van der Waals surface area contributed by atoms with E-state index in [1.54, 1.807) is 22.6 Å². The number of aryl methyl sites for hydroxylation is 2. The van der Waals surface area contributed by atoms with Crippen LogP contribution in [-0.2, 0) is 16.6 Å².